The number of fused-ring (bicyclic) bond motifs is 12. The Bertz CT molecular complexity index is 8050. The van der Waals surface area contributed by atoms with Crippen molar-refractivity contribution >= 4 is 186 Å². The number of rotatable bonds is 14. The molecule has 0 unspecified atom stereocenters. The second-order valence-electron chi connectivity index (χ2n) is 43.9. The van der Waals surface area contributed by atoms with Gasteiger partial charge in [0.25, 0.3) is 23.6 Å². The lowest BCUT2D eigenvalue weighted by molar-refractivity contribution is 0.0877. The first-order chi connectivity index (χ1) is 65.8. The molecule has 0 N–H and O–H groups in total. The van der Waals surface area contributed by atoms with Crippen LogP contribution in [0.2, 0.25) is 0 Å². The topological polar surface area (TPSA) is 112 Å². The van der Waals surface area contributed by atoms with Gasteiger partial charge in [-0.15, -0.1) is 12.8 Å². The minimum atomic E-state index is -0.456. The third-order valence-corrected chi connectivity index (χ3v) is 29.7. The third kappa shape index (κ3) is 13.1. The summed E-state index contributed by atoms with van der Waals surface area (Å²) in [4.78, 5) is 68.3. The van der Waals surface area contributed by atoms with E-state index in [-0.39, 0.29) is 45.3 Å². The van der Waals surface area contributed by atoms with Crippen molar-refractivity contribution in [2.24, 2.45) is 0 Å². The van der Waals surface area contributed by atoms with E-state index in [0.29, 0.717) is 112 Å². The predicted octanol–water partition coefficient (Wildman–Crippen LogP) is 34.6. The van der Waals surface area contributed by atoms with Crippen LogP contribution in [0, 0.1) is 24.7 Å². The Morgan fingerprint density at radius 1 is 0.232 bits per heavy atom. The summed E-state index contributed by atoms with van der Waals surface area (Å²) >= 11 is 0. The lowest BCUT2D eigenvalue weighted by Gasteiger charge is -2.34. The first-order valence-electron chi connectivity index (χ1n) is 48.3. The molecule has 0 saturated carbocycles. The van der Waals surface area contributed by atoms with Gasteiger partial charge in [-0.25, -0.2) is 9.80 Å². The third-order valence-electron chi connectivity index (χ3n) is 29.7. The second kappa shape index (κ2) is 30.6. The van der Waals surface area contributed by atoms with Gasteiger partial charge in [0.05, 0.1) is 33.6 Å². The van der Waals surface area contributed by atoms with Crippen molar-refractivity contribution in [3.8, 4) is 70.7 Å². The molecular formula is C128H106N2O8. The van der Waals surface area contributed by atoms with Gasteiger partial charge in [0.2, 0.25) is 0 Å². The highest BCUT2D eigenvalue weighted by molar-refractivity contribution is 6.50. The van der Waals surface area contributed by atoms with Crippen LogP contribution < -0.4 is 28.7 Å². The van der Waals surface area contributed by atoms with E-state index in [1.165, 1.54) is 9.80 Å². The number of imide groups is 2. The SMILES string of the molecule is C#Cc1cc(C(C)C)c(N2C(=O)c3cc(Oc4ccc(C(C)(C)C)cc4)c4c5ccc6c7cc8ccc9cc%10c(cc9ccc8cc7c7ccc(c8c(Oc9ccc(C(C)(C)C)cc9)cc(c3c48)C2=O)c5c67)c2ccc3c4c(Oc5ccc(C(C)(C)C)cc5)cc5c6c(cc(Oc7ccc(C(C)(C)C)cc7)c(c7ccc%10c2c73)c64)C(=O)N(c2c(C(C)C)cc(C#C)cc2C(C)C)C5=O)c(C(C)C)c1. The summed E-state index contributed by atoms with van der Waals surface area (Å²) in [5.41, 5.74) is 11.0. The van der Waals surface area contributed by atoms with Crippen LogP contribution in [0.15, 0.2) is 243 Å². The lowest BCUT2D eigenvalue weighted by Crippen LogP contribution is -2.42. The molecule has 0 bridgehead atoms. The Morgan fingerprint density at radius 3 is 0.630 bits per heavy atom. The molecule has 23 rings (SSSR count). The standard InChI is InChI=1S/C128H106N2O8/c1-23-69-53-91(65(3)4)119(92(54-69)66(5)6)129-121(131)99-61-103(135-79-37-29-75(30-38-79)125(11,12)13)113-87-49-45-83-95-57-71-25-27-73-59-97-85-47-51-89-110-90(52-48-86(108(85)110)98(97)60-74(73)28-26-72(71)58-96(95)84-46-50-88(109(87)107(83)84)114-104(62-100(122(129)132)111(99)117(113)114)136-80-39-31-76(32-40-80)126(14,15)16)116-106(138-82-43-35-78(36-44-82)128(20,21)22)64-102-112-101(63-105(115(89)118(112)116)137-81-41-33-77(34-42-81)127(17,18)19)123(133)130(124(102)134)120-93(67(7)8)55-70(24-2)56-94(120)68(9)10/h1-2,25-68H,3-22H3. The highest BCUT2D eigenvalue weighted by Gasteiger charge is 2.44. The summed E-state index contributed by atoms with van der Waals surface area (Å²) in [6.07, 6.45) is 12.4. The van der Waals surface area contributed by atoms with Gasteiger partial charge >= 0.3 is 0 Å². The van der Waals surface area contributed by atoms with E-state index in [4.69, 9.17) is 31.8 Å². The summed E-state index contributed by atoms with van der Waals surface area (Å²) in [5.74, 6) is 7.68. The first-order valence-corrected chi connectivity index (χ1v) is 48.3. The molecule has 0 fully saturated rings. The molecule has 138 heavy (non-hydrogen) atoms. The number of nitrogens with zero attached hydrogens (tertiary/aromatic N) is 2. The molecule has 2 aliphatic rings. The van der Waals surface area contributed by atoms with E-state index in [1.54, 1.807) is 0 Å². The predicted molar refractivity (Wildman–Crippen MR) is 573 cm³/mol. The molecule has 21 aromatic carbocycles. The Hall–Kier alpha value is -15.4. The van der Waals surface area contributed by atoms with E-state index in [1.807, 2.05) is 97.1 Å². The van der Waals surface area contributed by atoms with Crippen LogP contribution in [0.4, 0.5) is 11.4 Å². The van der Waals surface area contributed by atoms with Gasteiger partial charge in [-0.2, -0.15) is 0 Å². The molecule has 0 spiro atoms. The summed E-state index contributed by atoms with van der Waals surface area (Å²) < 4.78 is 29.5. The van der Waals surface area contributed by atoms with Crippen molar-refractivity contribution in [1.82, 2.24) is 0 Å². The first kappa shape index (κ1) is 86.7. The maximum Gasteiger partial charge on any atom is 0.266 e. The normalized spacial score (nSPS) is 13.6. The van der Waals surface area contributed by atoms with Crippen molar-refractivity contribution in [3.63, 3.8) is 0 Å². The number of carbonyl (C=O) groups excluding carboxylic acids is 4. The molecular weight excluding hydrogens is 1690 g/mol. The van der Waals surface area contributed by atoms with Crippen LogP contribution in [0.3, 0.4) is 0 Å². The zero-order valence-corrected chi connectivity index (χ0v) is 81.7. The van der Waals surface area contributed by atoms with E-state index in [2.05, 4.69) is 296 Å². The van der Waals surface area contributed by atoms with Crippen LogP contribution in [-0.2, 0) is 21.7 Å². The van der Waals surface area contributed by atoms with Gasteiger partial charge in [0.1, 0.15) is 46.0 Å². The lowest BCUT2D eigenvalue weighted by atomic mass is 9.82. The number of benzene rings is 18. The average molecular weight is 1800 g/mol. The fourth-order valence-electron chi connectivity index (χ4n) is 22.5. The minimum absolute atomic E-state index is 0.115. The molecule has 2 aliphatic heterocycles. The fourth-order valence-corrected chi connectivity index (χ4v) is 22.5. The number of ether oxygens (including phenoxy) is 4. The van der Waals surface area contributed by atoms with Gasteiger partial charge < -0.3 is 18.9 Å². The van der Waals surface area contributed by atoms with Crippen molar-refractivity contribution in [2.75, 3.05) is 9.80 Å². The number of hydrogen-bond acceptors (Lipinski definition) is 8. The smallest absolute Gasteiger partial charge is 0.266 e. The largest absolute Gasteiger partial charge is 0.457 e. The Labute approximate surface area is 803 Å². The monoisotopic (exact) mass is 1800 g/mol. The Balaban J connectivity index is 0.733. The van der Waals surface area contributed by atoms with Gasteiger partial charge in [0.15, 0.2) is 0 Å². The highest BCUT2D eigenvalue weighted by Crippen LogP contribution is 2.60. The van der Waals surface area contributed by atoms with Crippen LogP contribution >= 0.6 is 0 Å². The van der Waals surface area contributed by atoms with E-state index in [0.717, 1.165) is 174 Å². The van der Waals surface area contributed by atoms with E-state index < -0.39 is 23.6 Å². The molecule has 0 atom stereocenters. The van der Waals surface area contributed by atoms with Crippen LogP contribution in [0.5, 0.6) is 46.0 Å². The summed E-state index contributed by atoms with van der Waals surface area (Å²) in [6, 6.07) is 84.6. The van der Waals surface area contributed by atoms with Gasteiger partial charge in [-0.05, 0) is 319 Å². The van der Waals surface area contributed by atoms with Crippen molar-refractivity contribution < 1.29 is 38.1 Å². The number of anilines is 2. The van der Waals surface area contributed by atoms with Gasteiger partial charge in [0, 0.05) is 54.2 Å². The Morgan fingerprint density at radius 2 is 0.435 bits per heavy atom. The molecule has 10 nitrogen and oxygen atoms in total. The van der Waals surface area contributed by atoms with Crippen molar-refractivity contribution in [2.45, 2.75) is 184 Å². The molecule has 676 valence electrons. The van der Waals surface area contributed by atoms with Crippen LogP contribution in [-0.4, -0.2) is 23.6 Å². The van der Waals surface area contributed by atoms with Crippen LogP contribution in [0.1, 0.15) is 259 Å². The maximum atomic E-state index is 16.4. The number of terminal acetylenes is 2. The molecule has 0 radical (unpaired) electrons. The Kier molecular flexibility index (Phi) is 19.2. The second-order valence-corrected chi connectivity index (χ2v) is 43.9. The average Bonchev–Trinajstić information content (AvgIpc) is 1.17. The highest BCUT2D eigenvalue weighted by atomic mass is 16.5. The molecule has 4 amide bonds. The molecule has 21 aromatic rings. The molecule has 0 aromatic heterocycles. The summed E-state index contributed by atoms with van der Waals surface area (Å²) in [7, 11) is 0. The summed E-state index contributed by atoms with van der Waals surface area (Å²) in [6.45, 7) is 42.9. The zero-order chi connectivity index (χ0) is 96.3. The quantitative estimate of drug-likeness (QED) is 0.0458. The molecule has 0 saturated heterocycles. The fraction of sp³-hybridized carbons (Fsp3) is 0.219. The zero-order valence-electron chi connectivity index (χ0n) is 81.7. The van der Waals surface area contributed by atoms with E-state index in [9.17, 15) is 0 Å². The maximum absolute atomic E-state index is 16.4. The number of carbonyl (C=O) groups is 4. The number of amides is 4. The van der Waals surface area contributed by atoms with Crippen molar-refractivity contribution in [3.05, 3.63) is 321 Å². The van der Waals surface area contributed by atoms with Gasteiger partial charge in [-0.3, -0.25) is 19.2 Å². The van der Waals surface area contributed by atoms with E-state index >= 15 is 19.2 Å². The van der Waals surface area contributed by atoms with Crippen LogP contribution in [0.25, 0.3) is 151 Å². The molecule has 2 heterocycles. The number of hydrogen-bond donors (Lipinski definition) is 0. The molecule has 10 heteroatoms. The summed E-state index contributed by atoms with van der Waals surface area (Å²) in [5, 5.41) is 26.2. The molecule has 0 aliphatic carbocycles. The minimum Gasteiger partial charge on any atom is -0.457 e. The van der Waals surface area contributed by atoms with Crippen molar-refractivity contribution in [1.29, 1.82) is 0 Å². The van der Waals surface area contributed by atoms with Gasteiger partial charge in [-0.1, -0.05) is 272 Å².